The summed E-state index contributed by atoms with van der Waals surface area (Å²) in [5.41, 5.74) is 5.88. The van der Waals surface area contributed by atoms with Crippen LogP contribution in [0.15, 0.2) is 77.9 Å². The molecule has 0 radical (unpaired) electrons. The van der Waals surface area contributed by atoms with Crippen molar-refractivity contribution >= 4 is 12.1 Å². The predicted octanol–water partition coefficient (Wildman–Crippen LogP) is 4.04. The van der Waals surface area contributed by atoms with Crippen LogP contribution in [0.2, 0.25) is 0 Å². The highest BCUT2D eigenvalue weighted by Crippen LogP contribution is 2.15. The maximum atomic E-state index is 12.0. The number of carbonyl (C=O) groups is 1. The summed E-state index contributed by atoms with van der Waals surface area (Å²) in [5.74, 6) is 0.359. The van der Waals surface area contributed by atoms with E-state index in [1.54, 1.807) is 18.3 Å². The number of benzene rings is 3. The number of phenolic OH excluding ortho intramolecular Hbond substituents is 1. The summed E-state index contributed by atoms with van der Waals surface area (Å²) < 4.78 is 5.81. The summed E-state index contributed by atoms with van der Waals surface area (Å²) in [6.07, 6.45) is 1.54. The molecule has 3 aromatic rings. The Morgan fingerprint density at radius 1 is 1.07 bits per heavy atom. The lowest BCUT2D eigenvalue weighted by molar-refractivity contribution is 0.0954. The van der Waals surface area contributed by atoms with Crippen molar-refractivity contribution < 1.29 is 14.6 Å². The number of hydrogen-bond donors (Lipinski definition) is 2. The molecule has 0 saturated heterocycles. The Morgan fingerprint density at radius 2 is 1.85 bits per heavy atom. The fourth-order valence-electron chi connectivity index (χ4n) is 2.41. The fraction of sp³-hybridized carbons (Fsp3) is 0.0909. The van der Waals surface area contributed by atoms with Crippen molar-refractivity contribution in [2.75, 3.05) is 0 Å². The fourth-order valence-corrected chi connectivity index (χ4v) is 2.41. The van der Waals surface area contributed by atoms with Gasteiger partial charge in [0.15, 0.2) is 0 Å². The average molecular weight is 360 g/mol. The van der Waals surface area contributed by atoms with Crippen molar-refractivity contribution in [2.45, 2.75) is 13.5 Å². The van der Waals surface area contributed by atoms with Crippen LogP contribution in [-0.4, -0.2) is 17.2 Å². The van der Waals surface area contributed by atoms with Gasteiger partial charge in [-0.15, -0.1) is 0 Å². The van der Waals surface area contributed by atoms with Crippen LogP contribution in [0, 0.1) is 6.92 Å². The maximum absolute atomic E-state index is 12.0. The zero-order valence-corrected chi connectivity index (χ0v) is 14.9. The standard InChI is InChI=1S/C22H20N2O3/c1-16-8-10-17(11-9-16)15-27-21-7-2-4-18(12-21)14-23-24-22(26)19-5-3-6-20(25)13-19/h2-14,25H,15H2,1H3,(H,24,26)/b23-14+. The molecule has 0 aliphatic carbocycles. The van der Waals surface area contributed by atoms with E-state index in [9.17, 15) is 9.90 Å². The molecular weight excluding hydrogens is 340 g/mol. The smallest absolute Gasteiger partial charge is 0.271 e. The minimum atomic E-state index is -0.395. The Bertz CT molecular complexity index is 950. The number of aryl methyl sites for hydroxylation is 1. The van der Waals surface area contributed by atoms with Gasteiger partial charge in [0.05, 0.1) is 6.21 Å². The third kappa shape index (κ3) is 5.44. The summed E-state index contributed by atoms with van der Waals surface area (Å²) in [4.78, 5) is 12.0. The first kappa shape index (κ1) is 18.2. The van der Waals surface area contributed by atoms with E-state index >= 15 is 0 Å². The number of hydrazone groups is 1. The van der Waals surface area contributed by atoms with Crippen molar-refractivity contribution in [3.8, 4) is 11.5 Å². The Kier molecular flexibility index (Phi) is 5.84. The van der Waals surface area contributed by atoms with Crippen molar-refractivity contribution in [1.29, 1.82) is 0 Å². The zero-order chi connectivity index (χ0) is 19.1. The summed E-state index contributed by atoms with van der Waals surface area (Å²) in [5, 5.41) is 13.4. The first-order valence-electron chi connectivity index (χ1n) is 8.51. The molecule has 0 saturated carbocycles. The number of phenols is 1. The number of hydrogen-bond acceptors (Lipinski definition) is 4. The van der Waals surface area contributed by atoms with Crippen molar-refractivity contribution in [3.63, 3.8) is 0 Å². The summed E-state index contributed by atoms with van der Waals surface area (Å²) >= 11 is 0. The highest BCUT2D eigenvalue weighted by atomic mass is 16.5. The molecule has 0 aromatic heterocycles. The molecule has 0 aliphatic rings. The lowest BCUT2D eigenvalue weighted by Gasteiger charge is -2.07. The first-order valence-corrected chi connectivity index (χ1v) is 8.51. The molecule has 5 nitrogen and oxygen atoms in total. The number of amides is 1. The van der Waals surface area contributed by atoms with Gasteiger partial charge in [-0.1, -0.05) is 48.0 Å². The quantitative estimate of drug-likeness (QED) is 0.515. The van der Waals surface area contributed by atoms with E-state index in [4.69, 9.17) is 4.74 Å². The molecule has 0 unspecified atom stereocenters. The van der Waals surface area contributed by atoms with E-state index in [2.05, 4.69) is 22.7 Å². The van der Waals surface area contributed by atoms with Crippen molar-refractivity contribution in [3.05, 3.63) is 95.1 Å². The van der Waals surface area contributed by atoms with Gasteiger partial charge in [-0.05, 0) is 48.4 Å². The SMILES string of the molecule is Cc1ccc(COc2cccc(/C=N/NC(=O)c3cccc(O)c3)c2)cc1. The monoisotopic (exact) mass is 360 g/mol. The van der Waals surface area contributed by atoms with Gasteiger partial charge >= 0.3 is 0 Å². The van der Waals surface area contributed by atoms with Gasteiger partial charge in [0.1, 0.15) is 18.1 Å². The van der Waals surface area contributed by atoms with Gasteiger partial charge in [0, 0.05) is 5.56 Å². The van der Waals surface area contributed by atoms with Gasteiger partial charge < -0.3 is 9.84 Å². The molecule has 0 bridgehead atoms. The van der Waals surface area contributed by atoms with Gasteiger partial charge in [-0.25, -0.2) is 5.43 Å². The molecule has 0 aliphatic heterocycles. The van der Waals surface area contributed by atoms with Crippen molar-refractivity contribution in [2.24, 2.45) is 5.10 Å². The highest BCUT2D eigenvalue weighted by molar-refractivity contribution is 5.95. The van der Waals surface area contributed by atoms with Crippen LogP contribution in [0.4, 0.5) is 0 Å². The number of nitrogens with zero attached hydrogens (tertiary/aromatic N) is 1. The average Bonchev–Trinajstić information content (AvgIpc) is 2.68. The molecule has 0 atom stereocenters. The second-order valence-corrected chi connectivity index (χ2v) is 6.10. The number of nitrogens with one attached hydrogen (secondary N) is 1. The minimum absolute atomic E-state index is 0.0325. The van der Waals surface area contributed by atoms with E-state index in [1.165, 1.54) is 17.7 Å². The Balaban J connectivity index is 1.57. The largest absolute Gasteiger partial charge is 0.508 e. The van der Waals surface area contributed by atoms with Crippen LogP contribution in [0.1, 0.15) is 27.0 Å². The third-order valence-corrected chi connectivity index (χ3v) is 3.87. The number of ether oxygens (including phenoxy) is 1. The van der Waals surface area contributed by atoms with Crippen LogP contribution in [0.3, 0.4) is 0 Å². The Morgan fingerprint density at radius 3 is 2.63 bits per heavy atom. The van der Waals surface area contributed by atoms with Crippen molar-refractivity contribution in [1.82, 2.24) is 5.43 Å². The molecule has 1 amide bonds. The molecule has 0 fully saturated rings. The zero-order valence-electron chi connectivity index (χ0n) is 14.9. The third-order valence-electron chi connectivity index (χ3n) is 3.87. The van der Waals surface area contributed by atoms with Crippen LogP contribution in [-0.2, 0) is 6.61 Å². The number of carbonyl (C=O) groups excluding carboxylic acids is 1. The van der Waals surface area contributed by atoms with Gasteiger partial charge in [0.2, 0.25) is 0 Å². The first-order chi connectivity index (χ1) is 13.1. The van der Waals surface area contributed by atoms with Gasteiger partial charge in [-0.2, -0.15) is 5.10 Å². The second kappa shape index (κ2) is 8.67. The molecule has 3 aromatic carbocycles. The molecule has 5 heteroatoms. The molecule has 3 rings (SSSR count). The highest BCUT2D eigenvalue weighted by Gasteiger charge is 2.04. The van der Waals surface area contributed by atoms with Crippen LogP contribution in [0.5, 0.6) is 11.5 Å². The van der Waals surface area contributed by atoms with Gasteiger partial charge in [-0.3, -0.25) is 4.79 Å². The summed E-state index contributed by atoms with van der Waals surface area (Å²) in [6, 6.07) is 21.7. The lowest BCUT2D eigenvalue weighted by Crippen LogP contribution is -2.17. The number of aromatic hydroxyl groups is 1. The molecular formula is C22H20N2O3. The van der Waals surface area contributed by atoms with E-state index < -0.39 is 5.91 Å². The molecule has 0 heterocycles. The molecule has 2 N–H and O–H groups in total. The van der Waals surface area contributed by atoms with E-state index in [1.807, 2.05) is 43.3 Å². The van der Waals surface area contributed by atoms with E-state index in [-0.39, 0.29) is 5.75 Å². The molecule has 27 heavy (non-hydrogen) atoms. The van der Waals surface area contributed by atoms with Crippen LogP contribution in [0.25, 0.3) is 0 Å². The van der Waals surface area contributed by atoms with Crippen LogP contribution < -0.4 is 10.2 Å². The minimum Gasteiger partial charge on any atom is -0.508 e. The van der Waals surface area contributed by atoms with E-state index in [0.29, 0.717) is 12.2 Å². The summed E-state index contributed by atoms with van der Waals surface area (Å²) in [7, 11) is 0. The predicted molar refractivity (Wildman–Crippen MR) is 105 cm³/mol. The maximum Gasteiger partial charge on any atom is 0.271 e. The molecule has 0 spiro atoms. The van der Waals surface area contributed by atoms with Crippen LogP contribution >= 0.6 is 0 Å². The topological polar surface area (TPSA) is 70.9 Å². The van der Waals surface area contributed by atoms with Gasteiger partial charge in [0.25, 0.3) is 5.91 Å². The summed E-state index contributed by atoms with van der Waals surface area (Å²) in [6.45, 7) is 2.53. The van der Waals surface area contributed by atoms with E-state index in [0.717, 1.165) is 16.9 Å². The molecule has 136 valence electrons. The normalized spacial score (nSPS) is 10.7. The number of rotatable bonds is 6. The Labute approximate surface area is 157 Å². The lowest BCUT2D eigenvalue weighted by atomic mass is 10.2. The second-order valence-electron chi connectivity index (χ2n) is 6.10. The Hall–Kier alpha value is -3.60.